The summed E-state index contributed by atoms with van der Waals surface area (Å²) in [6.45, 7) is 8.75. The standard InChI is InChI=1S/C15H25BrN2O2/c1-5-15(6-2,10-19)9-17-14(20)13-7-12(16)8-18(13)11(3)4/h7-8,11,19H,5-6,9-10H2,1-4H3,(H,17,20). The van der Waals surface area contributed by atoms with Gasteiger partial charge in [-0.2, -0.15) is 0 Å². The molecule has 1 aromatic heterocycles. The van der Waals surface area contributed by atoms with Crippen LogP contribution in [0.4, 0.5) is 0 Å². The third-order valence-corrected chi connectivity index (χ3v) is 4.50. The van der Waals surface area contributed by atoms with Crippen molar-refractivity contribution in [2.75, 3.05) is 13.2 Å². The Labute approximate surface area is 129 Å². The van der Waals surface area contributed by atoms with Crippen molar-refractivity contribution in [1.82, 2.24) is 9.88 Å². The van der Waals surface area contributed by atoms with Crippen LogP contribution in [0.5, 0.6) is 0 Å². The lowest BCUT2D eigenvalue weighted by Gasteiger charge is -2.29. The van der Waals surface area contributed by atoms with E-state index in [0.29, 0.717) is 12.2 Å². The van der Waals surface area contributed by atoms with Gasteiger partial charge >= 0.3 is 0 Å². The second-order valence-electron chi connectivity index (χ2n) is 5.59. The SMILES string of the molecule is CCC(CC)(CO)CNC(=O)c1cc(Br)cn1C(C)C. The zero-order valence-corrected chi connectivity index (χ0v) is 14.3. The third kappa shape index (κ3) is 3.85. The number of nitrogens with one attached hydrogen (secondary N) is 1. The molecule has 0 saturated heterocycles. The Morgan fingerprint density at radius 1 is 1.45 bits per heavy atom. The summed E-state index contributed by atoms with van der Waals surface area (Å²) in [7, 11) is 0. The molecule has 0 saturated carbocycles. The highest BCUT2D eigenvalue weighted by atomic mass is 79.9. The maximum Gasteiger partial charge on any atom is 0.267 e. The third-order valence-electron chi connectivity index (χ3n) is 4.06. The summed E-state index contributed by atoms with van der Waals surface area (Å²) < 4.78 is 2.84. The fraction of sp³-hybridized carbons (Fsp3) is 0.667. The summed E-state index contributed by atoms with van der Waals surface area (Å²) in [6, 6.07) is 2.05. The molecule has 0 fully saturated rings. The van der Waals surface area contributed by atoms with Gasteiger partial charge in [-0.3, -0.25) is 4.79 Å². The highest BCUT2D eigenvalue weighted by Crippen LogP contribution is 2.25. The number of halogens is 1. The quantitative estimate of drug-likeness (QED) is 0.796. The maximum atomic E-state index is 12.3. The Kier molecular flexibility index (Phi) is 6.27. The zero-order valence-electron chi connectivity index (χ0n) is 12.7. The molecule has 20 heavy (non-hydrogen) atoms. The van der Waals surface area contributed by atoms with Gasteiger partial charge in [-0.05, 0) is 48.7 Å². The van der Waals surface area contributed by atoms with Crippen LogP contribution in [0.25, 0.3) is 0 Å². The highest BCUT2D eigenvalue weighted by molar-refractivity contribution is 9.10. The van der Waals surface area contributed by atoms with Crippen LogP contribution >= 0.6 is 15.9 Å². The van der Waals surface area contributed by atoms with Crippen LogP contribution in [0.3, 0.4) is 0 Å². The summed E-state index contributed by atoms with van der Waals surface area (Å²) >= 11 is 3.41. The van der Waals surface area contributed by atoms with Crippen LogP contribution in [0.15, 0.2) is 16.7 Å². The minimum absolute atomic E-state index is 0.0924. The molecule has 0 spiro atoms. The normalized spacial score (nSPS) is 11.9. The number of rotatable bonds is 7. The van der Waals surface area contributed by atoms with Crippen molar-refractivity contribution >= 4 is 21.8 Å². The molecule has 0 aliphatic rings. The van der Waals surface area contributed by atoms with E-state index < -0.39 is 0 Å². The Morgan fingerprint density at radius 3 is 2.50 bits per heavy atom. The Bertz CT molecular complexity index is 442. The largest absolute Gasteiger partial charge is 0.396 e. The second-order valence-corrected chi connectivity index (χ2v) is 6.51. The van der Waals surface area contributed by atoms with Crippen LogP contribution in [0, 0.1) is 5.41 Å². The van der Waals surface area contributed by atoms with Gasteiger partial charge in [-0.25, -0.2) is 0 Å². The summed E-state index contributed by atoms with van der Waals surface area (Å²) in [6.07, 6.45) is 3.60. The molecule has 0 aliphatic carbocycles. The van der Waals surface area contributed by atoms with Gasteiger partial charge in [-0.1, -0.05) is 13.8 Å². The average molecular weight is 345 g/mol. The molecule has 114 valence electrons. The van der Waals surface area contributed by atoms with Crippen molar-refractivity contribution in [2.45, 2.75) is 46.6 Å². The van der Waals surface area contributed by atoms with E-state index in [4.69, 9.17) is 0 Å². The maximum absolute atomic E-state index is 12.3. The molecule has 1 rings (SSSR count). The fourth-order valence-corrected chi connectivity index (χ4v) is 2.63. The molecule has 1 amide bonds. The first-order chi connectivity index (χ1) is 9.39. The zero-order chi connectivity index (χ0) is 15.3. The number of carbonyl (C=O) groups is 1. The molecule has 0 unspecified atom stereocenters. The predicted molar refractivity (Wildman–Crippen MR) is 85.0 cm³/mol. The van der Waals surface area contributed by atoms with Crippen molar-refractivity contribution in [3.8, 4) is 0 Å². The molecule has 1 aromatic rings. The lowest BCUT2D eigenvalue weighted by atomic mass is 9.83. The first-order valence-electron chi connectivity index (χ1n) is 7.15. The smallest absolute Gasteiger partial charge is 0.267 e. The molecule has 5 heteroatoms. The van der Waals surface area contributed by atoms with Crippen LogP contribution in [0.1, 0.15) is 57.1 Å². The van der Waals surface area contributed by atoms with Crippen LogP contribution in [0.2, 0.25) is 0 Å². The van der Waals surface area contributed by atoms with Gasteiger partial charge in [0.15, 0.2) is 0 Å². The van der Waals surface area contributed by atoms with Gasteiger partial charge in [0.05, 0.1) is 6.61 Å². The van der Waals surface area contributed by atoms with Crippen molar-refractivity contribution in [3.05, 3.63) is 22.4 Å². The van der Waals surface area contributed by atoms with Crippen molar-refractivity contribution < 1.29 is 9.90 Å². The van der Waals surface area contributed by atoms with Crippen LogP contribution in [-0.4, -0.2) is 28.7 Å². The lowest BCUT2D eigenvalue weighted by molar-refractivity contribution is 0.0842. The predicted octanol–water partition coefficient (Wildman–Crippen LogP) is 3.36. The summed E-state index contributed by atoms with van der Waals surface area (Å²) in [5, 5.41) is 12.5. The van der Waals surface area contributed by atoms with E-state index >= 15 is 0 Å². The number of aliphatic hydroxyl groups is 1. The summed E-state index contributed by atoms with van der Waals surface area (Å²) in [5.74, 6) is -0.0934. The van der Waals surface area contributed by atoms with Crippen molar-refractivity contribution in [3.63, 3.8) is 0 Å². The highest BCUT2D eigenvalue weighted by Gasteiger charge is 2.26. The Morgan fingerprint density at radius 2 is 2.05 bits per heavy atom. The van der Waals surface area contributed by atoms with Gasteiger partial charge in [0.25, 0.3) is 5.91 Å². The second kappa shape index (κ2) is 7.27. The Hall–Kier alpha value is -0.810. The van der Waals surface area contributed by atoms with E-state index in [1.54, 1.807) is 0 Å². The monoisotopic (exact) mass is 344 g/mol. The first-order valence-corrected chi connectivity index (χ1v) is 7.95. The molecule has 2 N–H and O–H groups in total. The number of hydrogen-bond donors (Lipinski definition) is 2. The number of nitrogens with zero attached hydrogens (tertiary/aromatic N) is 1. The van der Waals surface area contributed by atoms with Crippen LogP contribution in [-0.2, 0) is 0 Å². The number of aliphatic hydroxyl groups excluding tert-OH is 1. The molecule has 0 bridgehead atoms. The van der Waals surface area contributed by atoms with Gasteiger partial charge in [-0.15, -0.1) is 0 Å². The molecule has 0 atom stereocenters. The molecular formula is C15H25BrN2O2. The van der Waals surface area contributed by atoms with E-state index in [1.807, 2.05) is 44.5 Å². The van der Waals surface area contributed by atoms with E-state index in [-0.39, 0.29) is 24.0 Å². The molecule has 0 aliphatic heterocycles. The number of aromatic nitrogens is 1. The fourth-order valence-electron chi connectivity index (χ4n) is 2.19. The van der Waals surface area contributed by atoms with E-state index in [0.717, 1.165) is 17.3 Å². The molecule has 4 nitrogen and oxygen atoms in total. The molecule has 0 radical (unpaired) electrons. The van der Waals surface area contributed by atoms with Crippen LogP contribution < -0.4 is 5.32 Å². The van der Waals surface area contributed by atoms with Gasteiger partial charge in [0.2, 0.25) is 0 Å². The molecule has 1 heterocycles. The molecular weight excluding hydrogens is 320 g/mol. The van der Waals surface area contributed by atoms with Gasteiger partial charge < -0.3 is 15.0 Å². The van der Waals surface area contributed by atoms with Crippen molar-refractivity contribution in [2.24, 2.45) is 5.41 Å². The topological polar surface area (TPSA) is 54.3 Å². The molecule has 0 aromatic carbocycles. The lowest BCUT2D eigenvalue weighted by Crippen LogP contribution is -2.40. The Balaban J connectivity index is 2.82. The van der Waals surface area contributed by atoms with E-state index in [9.17, 15) is 9.90 Å². The van der Waals surface area contributed by atoms with Gasteiger partial charge in [0, 0.05) is 28.7 Å². The number of carbonyl (C=O) groups excluding carboxylic acids is 1. The minimum atomic E-state index is -0.220. The van der Waals surface area contributed by atoms with Crippen molar-refractivity contribution in [1.29, 1.82) is 0 Å². The minimum Gasteiger partial charge on any atom is -0.396 e. The average Bonchev–Trinajstić information content (AvgIpc) is 2.83. The van der Waals surface area contributed by atoms with E-state index in [1.165, 1.54) is 0 Å². The number of hydrogen-bond acceptors (Lipinski definition) is 2. The van der Waals surface area contributed by atoms with E-state index in [2.05, 4.69) is 21.2 Å². The summed E-state index contributed by atoms with van der Waals surface area (Å²) in [4.78, 5) is 12.3. The van der Waals surface area contributed by atoms with Gasteiger partial charge in [0.1, 0.15) is 5.69 Å². The first kappa shape index (κ1) is 17.2. The summed E-state index contributed by atoms with van der Waals surface area (Å²) in [5.41, 5.74) is 0.424. The number of amides is 1.